The number of thiazole rings is 1. The molecule has 216 valence electrons. The molecule has 0 aliphatic carbocycles. The van der Waals surface area contributed by atoms with E-state index >= 15 is 0 Å². The van der Waals surface area contributed by atoms with Gasteiger partial charge in [0.1, 0.15) is 0 Å². The molecule has 0 fully saturated rings. The summed E-state index contributed by atoms with van der Waals surface area (Å²) < 4.78 is 14.4. The molecule has 0 saturated carbocycles. The number of benzene rings is 4. The fraction of sp³-hybridized carbons (Fsp3) is 0. The molecule has 9 rings (SSSR count). The van der Waals surface area contributed by atoms with Gasteiger partial charge in [0.2, 0.25) is 0 Å². The molecule has 0 aliphatic heterocycles. The fourth-order valence-electron chi connectivity index (χ4n) is 5.88. The van der Waals surface area contributed by atoms with Gasteiger partial charge < -0.3 is 18.4 Å². The van der Waals surface area contributed by atoms with Crippen molar-refractivity contribution in [3.05, 3.63) is 140 Å². The molecule has 0 radical (unpaired) electrons. The summed E-state index contributed by atoms with van der Waals surface area (Å²) in [7, 11) is 0. The summed E-state index contributed by atoms with van der Waals surface area (Å²) in [6.07, 6.45) is 8.76. The van der Waals surface area contributed by atoms with Gasteiger partial charge in [-0.25, -0.2) is 0 Å². The molecule has 4 aromatic carbocycles. The van der Waals surface area contributed by atoms with Gasteiger partial charge in [-0.1, -0.05) is 47.3 Å². The van der Waals surface area contributed by atoms with Crippen LogP contribution in [0.25, 0.3) is 81.8 Å². The Balaban J connectivity index is 0.00000300. The van der Waals surface area contributed by atoms with Crippen molar-refractivity contribution in [2.45, 2.75) is 0 Å². The standard InChI is InChI=1S/C38H21N3O2S.Pt/c1-2-7-37-33(6-1)40-38(44-37)26-9-12-30-31-19-24(27-14-17-42-22-27)10-13-34(31)41(36(30)21-26)35-20-25(32-5-3-4-16-39-32)8-11-29(35)28-15-18-43-23-28;/h1-19,22-23H;/q-2;+2. The second-order valence-electron chi connectivity index (χ2n) is 10.6. The zero-order valence-corrected chi connectivity index (χ0v) is 26.6. The van der Waals surface area contributed by atoms with Crippen LogP contribution in [0.3, 0.4) is 0 Å². The number of para-hydroxylation sites is 1. The first-order chi connectivity index (χ1) is 21.8. The van der Waals surface area contributed by atoms with Crippen LogP contribution in [0.15, 0.2) is 137 Å². The summed E-state index contributed by atoms with van der Waals surface area (Å²) in [5, 5.41) is 3.14. The topological polar surface area (TPSA) is 57.0 Å². The van der Waals surface area contributed by atoms with Crippen LogP contribution in [0.5, 0.6) is 0 Å². The third-order valence-corrected chi connectivity index (χ3v) is 9.05. The smallest absolute Gasteiger partial charge is 0.473 e. The van der Waals surface area contributed by atoms with Crippen molar-refractivity contribution in [1.29, 1.82) is 0 Å². The molecular formula is C38H21N3O2PtS. The van der Waals surface area contributed by atoms with Gasteiger partial charge in [0, 0.05) is 27.0 Å². The molecule has 0 bridgehead atoms. The molecule has 5 heterocycles. The van der Waals surface area contributed by atoms with Gasteiger partial charge in [0.15, 0.2) is 0 Å². The van der Waals surface area contributed by atoms with Crippen molar-refractivity contribution in [2.24, 2.45) is 0 Å². The van der Waals surface area contributed by atoms with Gasteiger partial charge in [-0.2, -0.15) is 11.3 Å². The second kappa shape index (κ2) is 11.2. The predicted molar refractivity (Wildman–Crippen MR) is 176 cm³/mol. The minimum Gasteiger partial charge on any atom is -0.473 e. The van der Waals surface area contributed by atoms with Crippen molar-refractivity contribution in [3.8, 4) is 49.8 Å². The largest absolute Gasteiger partial charge is 2.00 e. The van der Waals surface area contributed by atoms with Crippen LogP contribution in [0.2, 0.25) is 0 Å². The number of furan rings is 2. The van der Waals surface area contributed by atoms with Crippen LogP contribution < -0.4 is 0 Å². The maximum absolute atomic E-state index is 5.53. The molecule has 5 nitrogen and oxygen atoms in total. The molecule has 0 spiro atoms. The van der Waals surface area contributed by atoms with Crippen LogP contribution in [-0.4, -0.2) is 14.5 Å². The Hall–Kier alpha value is -5.03. The Kier molecular flexibility index (Phi) is 6.82. The van der Waals surface area contributed by atoms with E-state index in [1.165, 1.54) is 0 Å². The van der Waals surface area contributed by atoms with E-state index in [-0.39, 0.29) is 21.1 Å². The van der Waals surface area contributed by atoms with Crippen molar-refractivity contribution in [1.82, 2.24) is 14.5 Å². The summed E-state index contributed by atoms with van der Waals surface area (Å²) in [6, 6.07) is 40.7. The van der Waals surface area contributed by atoms with E-state index in [0.29, 0.717) is 0 Å². The molecule has 0 unspecified atom stereocenters. The average Bonchev–Trinajstić information content (AvgIpc) is 3.90. The normalized spacial score (nSPS) is 11.4. The van der Waals surface area contributed by atoms with Crippen molar-refractivity contribution >= 4 is 43.4 Å². The summed E-state index contributed by atoms with van der Waals surface area (Å²) in [5.74, 6) is 0. The SMILES string of the molecule is [Pt+2].[c-]1c(-c2ccccn2)ccc(-c2ccoc2)c1-n1c2[c-]c(-c3nc4ccccc4s3)ccc2c2cc(-c3ccoc3)ccc21. The van der Waals surface area contributed by atoms with Crippen LogP contribution in [-0.2, 0) is 21.1 Å². The van der Waals surface area contributed by atoms with Gasteiger partial charge in [-0.15, -0.1) is 47.5 Å². The summed E-state index contributed by atoms with van der Waals surface area (Å²) in [6.45, 7) is 0. The number of fused-ring (bicyclic) bond motifs is 4. The van der Waals surface area contributed by atoms with Gasteiger partial charge in [0.05, 0.1) is 30.6 Å². The molecule has 9 aromatic rings. The van der Waals surface area contributed by atoms with E-state index in [0.717, 1.165) is 81.8 Å². The number of hydrogen-bond acceptors (Lipinski definition) is 5. The molecule has 0 saturated heterocycles. The minimum absolute atomic E-state index is 0. The Morgan fingerprint density at radius 1 is 0.689 bits per heavy atom. The summed E-state index contributed by atoms with van der Waals surface area (Å²) in [5.41, 5.74) is 10.7. The van der Waals surface area contributed by atoms with Gasteiger partial charge in [-0.3, -0.25) is 4.98 Å². The van der Waals surface area contributed by atoms with Crippen LogP contribution in [0.1, 0.15) is 0 Å². The maximum atomic E-state index is 5.53. The first-order valence-corrected chi connectivity index (χ1v) is 15.0. The number of pyridine rings is 1. The monoisotopic (exact) mass is 778 g/mol. The quantitative estimate of drug-likeness (QED) is 0.163. The fourth-order valence-corrected chi connectivity index (χ4v) is 6.82. The Labute approximate surface area is 276 Å². The molecule has 0 aliphatic rings. The van der Waals surface area contributed by atoms with Crippen LogP contribution in [0, 0.1) is 12.1 Å². The summed E-state index contributed by atoms with van der Waals surface area (Å²) in [4.78, 5) is 9.57. The van der Waals surface area contributed by atoms with Crippen molar-refractivity contribution < 1.29 is 29.9 Å². The van der Waals surface area contributed by atoms with E-state index in [4.69, 9.17) is 13.8 Å². The van der Waals surface area contributed by atoms with Gasteiger partial charge in [-0.05, 0) is 69.8 Å². The van der Waals surface area contributed by atoms with E-state index in [1.807, 2.05) is 42.6 Å². The molecule has 0 N–H and O–H groups in total. The minimum atomic E-state index is 0. The molecular weight excluding hydrogens is 758 g/mol. The average molecular weight is 779 g/mol. The Morgan fingerprint density at radius 3 is 2.31 bits per heavy atom. The number of aromatic nitrogens is 3. The van der Waals surface area contributed by atoms with Crippen molar-refractivity contribution in [2.75, 3.05) is 0 Å². The molecule has 7 heteroatoms. The number of nitrogens with zero attached hydrogens (tertiary/aromatic N) is 3. The summed E-state index contributed by atoms with van der Waals surface area (Å²) >= 11 is 1.68. The predicted octanol–water partition coefficient (Wildman–Crippen LogP) is 10.2. The van der Waals surface area contributed by atoms with Crippen molar-refractivity contribution in [3.63, 3.8) is 0 Å². The van der Waals surface area contributed by atoms with Gasteiger partial charge in [0.25, 0.3) is 0 Å². The molecule has 0 atom stereocenters. The number of rotatable bonds is 5. The first-order valence-electron chi connectivity index (χ1n) is 14.2. The van der Waals surface area contributed by atoms with E-state index in [2.05, 4.69) is 82.3 Å². The zero-order valence-electron chi connectivity index (χ0n) is 23.5. The maximum Gasteiger partial charge on any atom is 2.00 e. The third-order valence-electron chi connectivity index (χ3n) is 7.98. The third kappa shape index (κ3) is 4.65. The Morgan fingerprint density at radius 2 is 1.51 bits per heavy atom. The van der Waals surface area contributed by atoms with E-state index < -0.39 is 0 Å². The first kappa shape index (κ1) is 27.5. The Bertz CT molecular complexity index is 2410. The second-order valence-corrected chi connectivity index (χ2v) is 11.6. The van der Waals surface area contributed by atoms with Gasteiger partial charge >= 0.3 is 21.1 Å². The van der Waals surface area contributed by atoms with Crippen LogP contribution in [0.4, 0.5) is 0 Å². The van der Waals surface area contributed by atoms with Crippen LogP contribution >= 0.6 is 11.3 Å². The molecule has 45 heavy (non-hydrogen) atoms. The molecule has 0 amide bonds. The zero-order chi connectivity index (χ0) is 29.0. The van der Waals surface area contributed by atoms with E-state index in [9.17, 15) is 0 Å². The molecule has 5 aromatic heterocycles. The van der Waals surface area contributed by atoms with E-state index in [1.54, 1.807) is 36.4 Å². The number of hydrogen-bond donors (Lipinski definition) is 0.